The second-order valence-electron chi connectivity index (χ2n) is 5.15. The molecule has 1 aliphatic rings. The van der Waals surface area contributed by atoms with Gasteiger partial charge in [0.2, 0.25) is 0 Å². The van der Waals surface area contributed by atoms with E-state index >= 15 is 0 Å². The quantitative estimate of drug-likeness (QED) is 0.803. The van der Waals surface area contributed by atoms with Gasteiger partial charge in [-0.3, -0.25) is 0 Å². The zero-order chi connectivity index (χ0) is 13.0. The molecule has 3 heteroatoms. The summed E-state index contributed by atoms with van der Waals surface area (Å²) in [4.78, 5) is 7.09. The number of nitrogens with zero attached hydrogens (tertiary/aromatic N) is 2. The van der Waals surface area contributed by atoms with Gasteiger partial charge >= 0.3 is 0 Å². The van der Waals surface area contributed by atoms with Crippen LogP contribution >= 0.6 is 0 Å². The highest BCUT2D eigenvalue weighted by atomic mass is 15.2. The van der Waals surface area contributed by atoms with E-state index in [-0.39, 0.29) is 0 Å². The van der Waals surface area contributed by atoms with Gasteiger partial charge in [-0.25, -0.2) is 4.98 Å². The number of hydrogen-bond donors (Lipinski definition) is 1. The first-order valence-corrected chi connectivity index (χ1v) is 7.19. The molecular weight excluding hydrogens is 222 g/mol. The van der Waals surface area contributed by atoms with Crippen molar-refractivity contribution < 1.29 is 0 Å². The van der Waals surface area contributed by atoms with Crippen molar-refractivity contribution in [2.75, 3.05) is 18.0 Å². The van der Waals surface area contributed by atoms with Crippen LogP contribution in [0, 0.1) is 6.92 Å². The molecule has 100 valence electrons. The fraction of sp³-hybridized carbons (Fsp3) is 0.667. The molecule has 0 radical (unpaired) electrons. The van der Waals surface area contributed by atoms with Crippen molar-refractivity contribution in [2.24, 2.45) is 0 Å². The highest BCUT2D eigenvalue weighted by Crippen LogP contribution is 2.20. The molecule has 0 saturated heterocycles. The van der Waals surface area contributed by atoms with Crippen LogP contribution in [0.25, 0.3) is 0 Å². The predicted molar refractivity (Wildman–Crippen MR) is 77.0 cm³/mol. The molecule has 0 atom stereocenters. The third-order valence-corrected chi connectivity index (χ3v) is 3.54. The van der Waals surface area contributed by atoms with Gasteiger partial charge in [-0.1, -0.05) is 13.0 Å². The Balaban J connectivity index is 2.02. The number of nitrogens with one attached hydrogen (secondary N) is 1. The molecule has 1 saturated carbocycles. The lowest BCUT2D eigenvalue weighted by molar-refractivity contribution is 0.681. The lowest BCUT2D eigenvalue weighted by Gasteiger charge is -2.22. The zero-order valence-electron chi connectivity index (χ0n) is 11.9. The molecule has 1 aromatic heterocycles. The van der Waals surface area contributed by atoms with E-state index in [4.69, 9.17) is 4.98 Å². The lowest BCUT2D eigenvalue weighted by atomic mass is 10.2. The van der Waals surface area contributed by atoms with Crippen molar-refractivity contribution in [3.63, 3.8) is 0 Å². The average molecular weight is 247 g/mol. The second kappa shape index (κ2) is 6.19. The molecule has 1 fully saturated rings. The van der Waals surface area contributed by atoms with Crippen LogP contribution in [0.3, 0.4) is 0 Å². The van der Waals surface area contributed by atoms with Crippen molar-refractivity contribution in [3.8, 4) is 0 Å². The molecule has 0 amide bonds. The first-order valence-electron chi connectivity index (χ1n) is 7.19. The summed E-state index contributed by atoms with van der Waals surface area (Å²) in [7, 11) is 0. The Kier molecular flexibility index (Phi) is 4.59. The van der Waals surface area contributed by atoms with Gasteiger partial charge in [-0.05, 0) is 44.7 Å². The highest BCUT2D eigenvalue weighted by molar-refractivity contribution is 5.41. The highest BCUT2D eigenvalue weighted by Gasteiger charge is 2.20. The van der Waals surface area contributed by atoms with Crippen LogP contribution in [-0.4, -0.2) is 24.1 Å². The summed E-state index contributed by atoms with van der Waals surface area (Å²) >= 11 is 0. The normalized spacial score (nSPS) is 14.8. The van der Waals surface area contributed by atoms with Crippen LogP contribution in [0.4, 0.5) is 5.82 Å². The van der Waals surface area contributed by atoms with E-state index in [1.165, 1.54) is 24.8 Å². The van der Waals surface area contributed by atoms with E-state index in [0.717, 1.165) is 37.2 Å². The van der Waals surface area contributed by atoms with E-state index in [1.807, 2.05) is 0 Å². The molecule has 0 aromatic carbocycles. The summed E-state index contributed by atoms with van der Waals surface area (Å²) in [6, 6.07) is 5.15. The largest absolute Gasteiger partial charge is 0.357 e. The van der Waals surface area contributed by atoms with E-state index < -0.39 is 0 Å². The fourth-order valence-corrected chi connectivity index (χ4v) is 2.19. The monoisotopic (exact) mass is 247 g/mol. The van der Waals surface area contributed by atoms with Gasteiger partial charge in [-0.2, -0.15) is 0 Å². The fourth-order valence-electron chi connectivity index (χ4n) is 2.19. The Morgan fingerprint density at radius 2 is 2.11 bits per heavy atom. The van der Waals surface area contributed by atoms with Crippen LogP contribution in [0.5, 0.6) is 0 Å². The number of aromatic nitrogens is 1. The molecule has 1 aliphatic carbocycles. The van der Waals surface area contributed by atoms with E-state index in [2.05, 4.69) is 43.1 Å². The molecule has 0 bridgehead atoms. The molecule has 18 heavy (non-hydrogen) atoms. The number of anilines is 1. The molecule has 0 spiro atoms. The number of hydrogen-bond acceptors (Lipinski definition) is 3. The standard InChI is InChI=1S/C15H25N3/c1-4-10-18(5-2)15-9-6-13(12(3)17-15)11-16-14-7-8-14/h6,9,14,16H,4-5,7-8,10-11H2,1-3H3. The minimum atomic E-state index is 0.760. The maximum atomic E-state index is 4.75. The van der Waals surface area contributed by atoms with Crippen molar-refractivity contribution in [3.05, 3.63) is 23.4 Å². The Hall–Kier alpha value is -1.09. The summed E-state index contributed by atoms with van der Waals surface area (Å²) in [5.74, 6) is 1.12. The van der Waals surface area contributed by atoms with Crippen LogP contribution < -0.4 is 10.2 Å². The first-order chi connectivity index (χ1) is 8.74. The minimum absolute atomic E-state index is 0.760. The SMILES string of the molecule is CCCN(CC)c1ccc(CNC2CC2)c(C)n1. The molecule has 0 unspecified atom stereocenters. The molecule has 3 nitrogen and oxygen atoms in total. The zero-order valence-corrected chi connectivity index (χ0v) is 11.9. The summed E-state index contributed by atoms with van der Waals surface area (Å²) in [5.41, 5.74) is 2.49. The predicted octanol–water partition coefficient (Wildman–Crippen LogP) is 2.88. The average Bonchev–Trinajstić information content (AvgIpc) is 3.18. The summed E-state index contributed by atoms with van der Waals surface area (Å²) in [6.45, 7) is 9.60. The topological polar surface area (TPSA) is 28.2 Å². The van der Waals surface area contributed by atoms with E-state index in [9.17, 15) is 0 Å². The van der Waals surface area contributed by atoms with E-state index in [0.29, 0.717) is 0 Å². The number of rotatable bonds is 7. The van der Waals surface area contributed by atoms with Gasteiger partial charge < -0.3 is 10.2 Å². The van der Waals surface area contributed by atoms with Crippen LogP contribution in [0.15, 0.2) is 12.1 Å². The maximum absolute atomic E-state index is 4.75. The second-order valence-corrected chi connectivity index (χ2v) is 5.15. The lowest BCUT2D eigenvalue weighted by Crippen LogP contribution is -2.25. The molecule has 1 aromatic rings. The smallest absolute Gasteiger partial charge is 0.128 e. The Bertz CT molecular complexity index is 385. The Labute approximate surface area is 111 Å². The van der Waals surface area contributed by atoms with Gasteiger partial charge in [0.25, 0.3) is 0 Å². The third kappa shape index (κ3) is 3.45. The number of aryl methyl sites for hydroxylation is 1. The van der Waals surface area contributed by atoms with E-state index in [1.54, 1.807) is 0 Å². The molecule has 2 rings (SSSR count). The Morgan fingerprint density at radius 3 is 2.67 bits per heavy atom. The van der Waals surface area contributed by atoms with Crippen molar-refractivity contribution in [2.45, 2.75) is 52.6 Å². The van der Waals surface area contributed by atoms with Crippen LogP contribution in [0.1, 0.15) is 44.4 Å². The maximum Gasteiger partial charge on any atom is 0.128 e. The molecular formula is C15H25N3. The van der Waals surface area contributed by atoms with Crippen LogP contribution in [0.2, 0.25) is 0 Å². The summed E-state index contributed by atoms with van der Waals surface area (Å²) < 4.78 is 0. The van der Waals surface area contributed by atoms with Crippen molar-refractivity contribution in [1.29, 1.82) is 0 Å². The minimum Gasteiger partial charge on any atom is -0.357 e. The Morgan fingerprint density at radius 1 is 1.33 bits per heavy atom. The van der Waals surface area contributed by atoms with Gasteiger partial charge in [0.05, 0.1) is 0 Å². The molecule has 1 N–H and O–H groups in total. The van der Waals surface area contributed by atoms with Gasteiger partial charge in [0, 0.05) is 31.4 Å². The summed E-state index contributed by atoms with van der Waals surface area (Å²) in [5, 5.41) is 3.55. The molecule has 0 aliphatic heterocycles. The number of pyridine rings is 1. The molecule has 1 heterocycles. The van der Waals surface area contributed by atoms with Crippen molar-refractivity contribution in [1.82, 2.24) is 10.3 Å². The van der Waals surface area contributed by atoms with Gasteiger partial charge in [-0.15, -0.1) is 0 Å². The first kappa shape index (κ1) is 13.3. The van der Waals surface area contributed by atoms with Crippen LogP contribution in [-0.2, 0) is 6.54 Å². The van der Waals surface area contributed by atoms with Gasteiger partial charge in [0.15, 0.2) is 0 Å². The third-order valence-electron chi connectivity index (χ3n) is 3.54. The summed E-state index contributed by atoms with van der Waals surface area (Å²) in [6.07, 6.45) is 3.84. The van der Waals surface area contributed by atoms with Gasteiger partial charge in [0.1, 0.15) is 5.82 Å². The van der Waals surface area contributed by atoms with Crippen molar-refractivity contribution >= 4 is 5.82 Å².